The van der Waals surface area contributed by atoms with E-state index in [4.69, 9.17) is 0 Å². The van der Waals surface area contributed by atoms with Crippen molar-refractivity contribution in [3.8, 4) is 0 Å². The molecule has 1 unspecified atom stereocenters. The molecule has 2 rings (SSSR count). The van der Waals surface area contributed by atoms with Crippen LogP contribution in [0.1, 0.15) is 24.4 Å². The van der Waals surface area contributed by atoms with E-state index < -0.39 is 0 Å². The molecule has 0 fully saturated rings. The Kier molecular flexibility index (Phi) is 4.15. The average molecular weight is 265 g/mol. The van der Waals surface area contributed by atoms with E-state index in [9.17, 15) is 0 Å². The first kappa shape index (κ1) is 12.5. The van der Waals surface area contributed by atoms with Crippen LogP contribution < -0.4 is 5.32 Å². The maximum Gasteiger partial charge on any atom is 0.174 e. The topological polar surface area (TPSA) is 37.8 Å². The molecule has 0 amide bonds. The summed E-state index contributed by atoms with van der Waals surface area (Å²) in [6, 6.07) is 8.95. The molecule has 0 bridgehead atoms. The van der Waals surface area contributed by atoms with E-state index in [-0.39, 0.29) is 0 Å². The Labute approximate surface area is 110 Å². The van der Waals surface area contributed by atoms with Gasteiger partial charge in [0.2, 0.25) is 0 Å². The van der Waals surface area contributed by atoms with Crippen molar-refractivity contribution >= 4 is 23.3 Å². The van der Waals surface area contributed by atoms with Gasteiger partial charge in [0.1, 0.15) is 5.82 Å². The van der Waals surface area contributed by atoms with Gasteiger partial charge in [-0.1, -0.05) is 23.9 Å². The van der Waals surface area contributed by atoms with Crippen LogP contribution in [0.4, 0.5) is 0 Å². The fourth-order valence-electron chi connectivity index (χ4n) is 1.41. The molecule has 0 aliphatic rings. The van der Waals surface area contributed by atoms with E-state index in [0.717, 1.165) is 10.2 Å². The summed E-state index contributed by atoms with van der Waals surface area (Å²) < 4.78 is 5.17. The normalized spacial score (nSPS) is 12.6. The number of aryl methyl sites for hydroxylation is 1. The van der Waals surface area contributed by atoms with Crippen molar-refractivity contribution in [2.45, 2.75) is 29.1 Å². The Balaban J connectivity index is 2.08. The standard InChI is InChI=1S/C12H15N3S2/c1-8(13-3)10-4-6-11(7-5-10)16-12-14-9(2)15-17-12/h4-8,13H,1-3H3. The molecule has 0 aliphatic heterocycles. The largest absolute Gasteiger partial charge is 0.313 e. The molecule has 0 spiro atoms. The molecule has 0 aliphatic carbocycles. The third kappa shape index (κ3) is 3.28. The molecule has 17 heavy (non-hydrogen) atoms. The zero-order valence-corrected chi connectivity index (χ0v) is 11.7. The highest BCUT2D eigenvalue weighted by atomic mass is 32.2. The smallest absolute Gasteiger partial charge is 0.174 e. The van der Waals surface area contributed by atoms with E-state index in [0.29, 0.717) is 6.04 Å². The first-order valence-electron chi connectivity index (χ1n) is 5.44. The van der Waals surface area contributed by atoms with Crippen molar-refractivity contribution in [1.29, 1.82) is 0 Å². The Morgan fingerprint density at radius 3 is 2.53 bits per heavy atom. The summed E-state index contributed by atoms with van der Waals surface area (Å²) in [7, 11) is 1.97. The SMILES string of the molecule is CNC(C)c1ccc(Sc2nc(C)ns2)cc1. The maximum absolute atomic E-state index is 4.34. The summed E-state index contributed by atoms with van der Waals surface area (Å²) in [5, 5.41) is 3.23. The highest BCUT2D eigenvalue weighted by molar-refractivity contribution is 8.01. The van der Waals surface area contributed by atoms with Gasteiger partial charge in [-0.15, -0.1) is 0 Å². The lowest BCUT2D eigenvalue weighted by Crippen LogP contribution is -2.11. The van der Waals surface area contributed by atoms with E-state index in [1.807, 2.05) is 14.0 Å². The zero-order valence-electron chi connectivity index (χ0n) is 10.1. The second-order valence-electron chi connectivity index (χ2n) is 3.79. The number of benzene rings is 1. The van der Waals surface area contributed by atoms with Crippen LogP contribution in [0.25, 0.3) is 0 Å². The monoisotopic (exact) mass is 265 g/mol. The van der Waals surface area contributed by atoms with E-state index in [2.05, 4.69) is 45.9 Å². The molecule has 1 atom stereocenters. The van der Waals surface area contributed by atoms with Gasteiger partial charge in [0.25, 0.3) is 0 Å². The second kappa shape index (κ2) is 5.62. The van der Waals surface area contributed by atoms with Crippen LogP contribution in [-0.4, -0.2) is 16.4 Å². The molecule has 1 heterocycles. The summed E-state index contributed by atoms with van der Waals surface area (Å²) in [4.78, 5) is 5.54. The maximum atomic E-state index is 4.34. The molecule has 1 N–H and O–H groups in total. The predicted molar refractivity (Wildman–Crippen MR) is 72.7 cm³/mol. The highest BCUT2D eigenvalue weighted by Gasteiger charge is 2.05. The first-order chi connectivity index (χ1) is 8.19. The molecule has 5 heteroatoms. The van der Waals surface area contributed by atoms with E-state index >= 15 is 0 Å². The van der Waals surface area contributed by atoms with Gasteiger partial charge in [0.05, 0.1) is 0 Å². The lowest BCUT2D eigenvalue weighted by atomic mass is 10.1. The van der Waals surface area contributed by atoms with Gasteiger partial charge in [-0.25, -0.2) is 4.98 Å². The van der Waals surface area contributed by atoms with E-state index in [1.165, 1.54) is 22.0 Å². The molecule has 1 aromatic heterocycles. The minimum atomic E-state index is 0.387. The number of hydrogen-bond donors (Lipinski definition) is 1. The van der Waals surface area contributed by atoms with Crippen LogP contribution in [0.2, 0.25) is 0 Å². The lowest BCUT2D eigenvalue weighted by Gasteiger charge is -2.10. The van der Waals surface area contributed by atoms with Crippen molar-refractivity contribution < 1.29 is 0 Å². The van der Waals surface area contributed by atoms with Crippen LogP contribution >= 0.6 is 23.3 Å². The summed E-state index contributed by atoms with van der Waals surface area (Å²) in [5.41, 5.74) is 1.30. The molecule has 1 aromatic carbocycles. The third-order valence-corrected chi connectivity index (χ3v) is 4.38. The molecule has 90 valence electrons. The summed E-state index contributed by atoms with van der Waals surface area (Å²) >= 11 is 3.11. The number of nitrogens with one attached hydrogen (secondary N) is 1. The van der Waals surface area contributed by atoms with Gasteiger partial charge in [-0.2, -0.15) is 4.37 Å². The molecule has 2 aromatic rings. The quantitative estimate of drug-likeness (QED) is 0.920. The van der Waals surface area contributed by atoms with Crippen LogP contribution in [0.3, 0.4) is 0 Å². The minimum absolute atomic E-state index is 0.387. The summed E-state index contributed by atoms with van der Waals surface area (Å²) in [5.74, 6) is 0.845. The number of rotatable bonds is 4. The van der Waals surface area contributed by atoms with Crippen molar-refractivity contribution in [3.05, 3.63) is 35.7 Å². The molecule has 0 saturated heterocycles. The first-order valence-corrected chi connectivity index (χ1v) is 7.03. The minimum Gasteiger partial charge on any atom is -0.313 e. The van der Waals surface area contributed by atoms with Crippen LogP contribution in [-0.2, 0) is 0 Å². The van der Waals surface area contributed by atoms with Crippen LogP contribution in [0.5, 0.6) is 0 Å². The molecule has 0 saturated carbocycles. The molecule has 0 radical (unpaired) electrons. The Bertz CT molecular complexity index is 479. The fraction of sp³-hybridized carbons (Fsp3) is 0.333. The van der Waals surface area contributed by atoms with Gasteiger partial charge < -0.3 is 5.32 Å². The van der Waals surface area contributed by atoms with Crippen LogP contribution in [0.15, 0.2) is 33.5 Å². The molecular weight excluding hydrogens is 250 g/mol. The number of hydrogen-bond acceptors (Lipinski definition) is 5. The van der Waals surface area contributed by atoms with Crippen molar-refractivity contribution in [2.75, 3.05) is 7.05 Å². The van der Waals surface area contributed by atoms with Crippen molar-refractivity contribution in [2.24, 2.45) is 0 Å². The van der Waals surface area contributed by atoms with Gasteiger partial charge in [-0.3, -0.25) is 0 Å². The highest BCUT2D eigenvalue weighted by Crippen LogP contribution is 2.29. The molecular formula is C12H15N3S2. The molecule has 3 nitrogen and oxygen atoms in total. The number of aromatic nitrogens is 2. The fourth-order valence-corrected chi connectivity index (χ4v) is 3.04. The van der Waals surface area contributed by atoms with Gasteiger partial charge >= 0.3 is 0 Å². The Morgan fingerprint density at radius 1 is 1.29 bits per heavy atom. The zero-order chi connectivity index (χ0) is 12.3. The second-order valence-corrected chi connectivity index (χ2v) is 5.86. The van der Waals surface area contributed by atoms with E-state index in [1.54, 1.807) is 11.8 Å². The number of nitrogens with zero attached hydrogens (tertiary/aromatic N) is 2. The predicted octanol–water partition coefficient (Wildman–Crippen LogP) is 3.28. The van der Waals surface area contributed by atoms with Gasteiger partial charge in [0.15, 0.2) is 4.34 Å². The Morgan fingerprint density at radius 2 is 2.00 bits per heavy atom. The lowest BCUT2D eigenvalue weighted by molar-refractivity contribution is 0.652. The average Bonchev–Trinajstić information content (AvgIpc) is 2.75. The van der Waals surface area contributed by atoms with Crippen molar-refractivity contribution in [1.82, 2.24) is 14.7 Å². The van der Waals surface area contributed by atoms with Crippen molar-refractivity contribution in [3.63, 3.8) is 0 Å². The van der Waals surface area contributed by atoms with Gasteiger partial charge in [0, 0.05) is 10.9 Å². The Hall–Kier alpha value is -0.910. The summed E-state index contributed by atoms with van der Waals surface area (Å²) in [6.07, 6.45) is 0. The third-order valence-electron chi connectivity index (χ3n) is 2.53. The van der Waals surface area contributed by atoms with Gasteiger partial charge in [-0.05, 0) is 50.1 Å². The van der Waals surface area contributed by atoms with Crippen LogP contribution in [0, 0.1) is 6.92 Å². The summed E-state index contributed by atoms with van der Waals surface area (Å²) in [6.45, 7) is 4.06.